The van der Waals surface area contributed by atoms with Crippen LogP contribution in [-0.4, -0.2) is 9.13 Å². The minimum atomic E-state index is 0.961. The van der Waals surface area contributed by atoms with Crippen LogP contribution in [0.15, 0.2) is 114 Å². The quantitative estimate of drug-likeness (QED) is 0.199. The van der Waals surface area contributed by atoms with Crippen molar-refractivity contribution >= 4 is 56.3 Å². The Bertz CT molecular complexity index is 2010. The highest BCUT2D eigenvalue weighted by Gasteiger charge is 2.18. The van der Waals surface area contributed by atoms with Crippen LogP contribution in [0, 0.1) is 6.92 Å². The molecule has 2 aromatic heterocycles. The molecule has 202 valence electrons. The molecule has 5 aromatic rings. The van der Waals surface area contributed by atoms with Gasteiger partial charge in [-0.25, -0.2) is 0 Å². The minimum Gasteiger partial charge on any atom is -0.313 e. The lowest BCUT2D eigenvalue weighted by atomic mass is 9.96. The Balaban J connectivity index is 1.26. The van der Waals surface area contributed by atoms with E-state index in [1.54, 1.807) is 0 Å². The second-order valence-electron chi connectivity index (χ2n) is 11.3. The molecular weight excluding hydrogens is 496 g/mol. The van der Waals surface area contributed by atoms with Gasteiger partial charge < -0.3 is 9.13 Å². The van der Waals surface area contributed by atoms with Gasteiger partial charge in [0.1, 0.15) is 0 Å². The lowest BCUT2D eigenvalue weighted by Gasteiger charge is -2.18. The van der Waals surface area contributed by atoms with E-state index < -0.39 is 0 Å². The molecule has 2 aliphatic rings. The fourth-order valence-corrected chi connectivity index (χ4v) is 6.59. The van der Waals surface area contributed by atoms with Gasteiger partial charge in [-0.1, -0.05) is 85.8 Å². The maximum Gasteiger partial charge on any atom is 0.0540 e. The van der Waals surface area contributed by atoms with Crippen molar-refractivity contribution in [2.24, 2.45) is 0 Å². The summed E-state index contributed by atoms with van der Waals surface area (Å²) in [5.74, 6) is 0. The number of allylic oxidation sites excluding steroid dienone is 10. The predicted octanol–water partition coefficient (Wildman–Crippen LogP) is 10.9. The molecule has 0 aliphatic heterocycles. The average molecular weight is 533 g/mol. The van der Waals surface area contributed by atoms with Crippen LogP contribution in [0.25, 0.3) is 56.3 Å². The third-order valence-corrected chi connectivity index (χ3v) is 8.71. The fourth-order valence-electron chi connectivity index (χ4n) is 6.59. The molecule has 0 atom stereocenters. The van der Waals surface area contributed by atoms with E-state index in [1.807, 2.05) is 0 Å². The maximum atomic E-state index is 2.48. The summed E-state index contributed by atoms with van der Waals surface area (Å²) in [7, 11) is 0. The summed E-state index contributed by atoms with van der Waals surface area (Å²) < 4.78 is 4.93. The van der Waals surface area contributed by atoms with Crippen LogP contribution in [0.2, 0.25) is 0 Å². The van der Waals surface area contributed by atoms with Crippen LogP contribution in [0.1, 0.15) is 56.4 Å². The Kier molecular flexibility index (Phi) is 6.47. The Labute approximate surface area is 242 Å². The second kappa shape index (κ2) is 10.4. The average Bonchev–Trinajstić information content (AvgIpc) is 3.37. The number of benzene rings is 3. The van der Waals surface area contributed by atoms with Gasteiger partial charge in [0.2, 0.25) is 0 Å². The van der Waals surface area contributed by atoms with Gasteiger partial charge in [-0.05, 0) is 92.7 Å². The Morgan fingerprint density at radius 2 is 1.54 bits per heavy atom. The Morgan fingerprint density at radius 1 is 0.780 bits per heavy atom. The smallest absolute Gasteiger partial charge is 0.0540 e. The molecule has 7 rings (SSSR count). The zero-order valence-electron chi connectivity index (χ0n) is 24.2. The summed E-state index contributed by atoms with van der Waals surface area (Å²) in [6.45, 7) is 6.70. The number of rotatable bonds is 5. The molecule has 0 bridgehead atoms. The monoisotopic (exact) mass is 532 g/mol. The van der Waals surface area contributed by atoms with Crippen molar-refractivity contribution in [3.8, 4) is 0 Å². The van der Waals surface area contributed by atoms with Gasteiger partial charge in [0.05, 0.1) is 22.2 Å². The van der Waals surface area contributed by atoms with Crippen molar-refractivity contribution in [3.63, 3.8) is 0 Å². The SMILES string of the molecule is CC/C(=C\C=C(/C)C1=CC=C(n2c3ccccc3c3ccc(C)cc32)CC1)n1c2c(c3ccccc31)C=CCC=C2. The lowest BCUT2D eigenvalue weighted by molar-refractivity contribution is 0.932. The number of hydrogen-bond donors (Lipinski definition) is 0. The molecule has 0 saturated carbocycles. The molecule has 2 heteroatoms. The van der Waals surface area contributed by atoms with E-state index in [9.17, 15) is 0 Å². The molecule has 0 saturated heterocycles. The first kappa shape index (κ1) is 25.4. The molecule has 0 fully saturated rings. The standard InChI is InChI=1S/C39H36N2/c1-4-30(40-36-15-7-5-6-12-32(36)33-13-8-10-16-37(33)40)22-19-28(3)29-20-23-31(24-21-29)41-38-17-11-9-14-34(38)35-25-18-27(2)26-39(35)41/h6-20,22-23,25-26H,4-5,21,24H2,1-3H3/b28-19+,30-22+. The van der Waals surface area contributed by atoms with Crippen LogP contribution < -0.4 is 0 Å². The van der Waals surface area contributed by atoms with E-state index in [0.29, 0.717) is 0 Å². The lowest BCUT2D eigenvalue weighted by Crippen LogP contribution is -2.02. The number of aromatic nitrogens is 2. The van der Waals surface area contributed by atoms with Crippen LogP contribution in [0.4, 0.5) is 0 Å². The summed E-state index contributed by atoms with van der Waals surface area (Å²) in [5, 5.41) is 3.97. The molecule has 0 spiro atoms. The van der Waals surface area contributed by atoms with Gasteiger partial charge in [0, 0.05) is 33.1 Å². The van der Waals surface area contributed by atoms with E-state index in [1.165, 1.54) is 72.1 Å². The van der Waals surface area contributed by atoms with Crippen molar-refractivity contribution in [3.05, 3.63) is 131 Å². The number of nitrogens with zero attached hydrogens (tertiary/aromatic N) is 2. The van der Waals surface area contributed by atoms with Crippen LogP contribution in [0.3, 0.4) is 0 Å². The molecule has 2 aliphatic carbocycles. The minimum absolute atomic E-state index is 0.961. The third kappa shape index (κ3) is 4.35. The molecule has 41 heavy (non-hydrogen) atoms. The van der Waals surface area contributed by atoms with Crippen molar-refractivity contribution in [1.29, 1.82) is 0 Å². The highest BCUT2D eigenvalue weighted by atomic mass is 15.0. The molecule has 3 aromatic carbocycles. The van der Waals surface area contributed by atoms with Crippen LogP contribution in [0.5, 0.6) is 0 Å². The first-order valence-electron chi connectivity index (χ1n) is 14.9. The summed E-state index contributed by atoms with van der Waals surface area (Å²) in [6.07, 6.45) is 22.4. The van der Waals surface area contributed by atoms with E-state index in [4.69, 9.17) is 0 Å². The summed E-state index contributed by atoms with van der Waals surface area (Å²) in [5.41, 5.74) is 13.2. The van der Waals surface area contributed by atoms with E-state index in [2.05, 4.69) is 145 Å². The highest BCUT2D eigenvalue weighted by molar-refractivity contribution is 6.10. The third-order valence-electron chi connectivity index (χ3n) is 8.71. The predicted molar refractivity (Wildman–Crippen MR) is 179 cm³/mol. The fraction of sp³-hybridized carbons (Fsp3) is 0.179. The van der Waals surface area contributed by atoms with Gasteiger partial charge in [0.15, 0.2) is 0 Å². The van der Waals surface area contributed by atoms with Crippen LogP contribution >= 0.6 is 0 Å². The first-order valence-corrected chi connectivity index (χ1v) is 14.9. The second-order valence-corrected chi connectivity index (χ2v) is 11.3. The van der Waals surface area contributed by atoms with Gasteiger partial charge in [-0.3, -0.25) is 0 Å². The molecule has 0 amide bonds. The van der Waals surface area contributed by atoms with Gasteiger partial charge in [-0.15, -0.1) is 0 Å². The van der Waals surface area contributed by atoms with Crippen molar-refractivity contribution in [1.82, 2.24) is 9.13 Å². The zero-order chi connectivity index (χ0) is 27.9. The summed E-state index contributed by atoms with van der Waals surface area (Å²) in [4.78, 5) is 0. The van der Waals surface area contributed by atoms with Crippen molar-refractivity contribution < 1.29 is 0 Å². The molecule has 0 unspecified atom stereocenters. The van der Waals surface area contributed by atoms with Gasteiger partial charge in [-0.2, -0.15) is 0 Å². The Morgan fingerprint density at radius 3 is 2.34 bits per heavy atom. The highest BCUT2D eigenvalue weighted by Crippen LogP contribution is 2.37. The number of fused-ring (bicyclic) bond motifs is 6. The van der Waals surface area contributed by atoms with E-state index >= 15 is 0 Å². The first-order chi connectivity index (χ1) is 20.1. The topological polar surface area (TPSA) is 9.86 Å². The normalized spacial score (nSPS) is 15.9. The largest absolute Gasteiger partial charge is 0.313 e. The molecular formula is C39H36N2. The van der Waals surface area contributed by atoms with Crippen LogP contribution in [-0.2, 0) is 0 Å². The van der Waals surface area contributed by atoms with E-state index in [-0.39, 0.29) is 0 Å². The molecule has 2 heterocycles. The van der Waals surface area contributed by atoms with Gasteiger partial charge >= 0.3 is 0 Å². The van der Waals surface area contributed by atoms with Crippen molar-refractivity contribution in [2.75, 3.05) is 0 Å². The van der Waals surface area contributed by atoms with E-state index in [0.717, 1.165) is 25.7 Å². The van der Waals surface area contributed by atoms with Gasteiger partial charge in [0.25, 0.3) is 0 Å². The molecule has 0 N–H and O–H groups in total. The number of hydrogen-bond acceptors (Lipinski definition) is 0. The number of aryl methyl sites for hydroxylation is 1. The summed E-state index contributed by atoms with van der Waals surface area (Å²) in [6, 6.07) is 24.4. The summed E-state index contributed by atoms with van der Waals surface area (Å²) >= 11 is 0. The van der Waals surface area contributed by atoms with Crippen molar-refractivity contribution in [2.45, 2.75) is 46.5 Å². The number of para-hydroxylation sites is 2. The zero-order valence-corrected chi connectivity index (χ0v) is 24.2. The Hall–Kier alpha value is -4.56. The molecule has 2 nitrogen and oxygen atoms in total. The maximum absolute atomic E-state index is 2.48. The molecule has 0 radical (unpaired) electrons.